The molecule has 0 radical (unpaired) electrons. The lowest BCUT2D eigenvalue weighted by atomic mass is 9.92. The summed E-state index contributed by atoms with van der Waals surface area (Å²) >= 11 is 9.33. The smallest absolute Gasteiger partial charge is 0.315 e. The fraction of sp³-hybridized carbons (Fsp3) is 0.562. The van der Waals surface area contributed by atoms with Gasteiger partial charge in [0.1, 0.15) is 5.60 Å². The van der Waals surface area contributed by atoms with E-state index >= 15 is 0 Å². The molecule has 0 bridgehead atoms. The Kier molecular flexibility index (Phi) is 3.63. The van der Waals surface area contributed by atoms with Crippen LogP contribution in [0.5, 0.6) is 0 Å². The third-order valence-electron chi connectivity index (χ3n) is 3.46. The van der Waals surface area contributed by atoms with Crippen LogP contribution in [-0.4, -0.2) is 18.6 Å². The highest BCUT2D eigenvalue weighted by Gasteiger charge is 2.58. The summed E-state index contributed by atoms with van der Waals surface area (Å²) in [6.45, 7) is 5.33. The van der Waals surface area contributed by atoms with Gasteiger partial charge in [0.2, 0.25) is 0 Å². The van der Waals surface area contributed by atoms with Crippen LogP contribution < -0.4 is 0 Å². The Labute approximate surface area is 143 Å². The van der Waals surface area contributed by atoms with Crippen molar-refractivity contribution < 1.29 is 18.4 Å². The van der Waals surface area contributed by atoms with Gasteiger partial charge in [-0.25, -0.2) is 0 Å². The lowest BCUT2D eigenvalue weighted by Gasteiger charge is -2.29. The molecule has 0 N–H and O–H groups in total. The van der Waals surface area contributed by atoms with Gasteiger partial charge in [-0.2, -0.15) is 0 Å². The number of ether oxygens (including phenoxy) is 2. The molecule has 1 fully saturated rings. The minimum absolute atomic E-state index is 0.435. The number of rotatable bonds is 4. The summed E-state index contributed by atoms with van der Waals surface area (Å²) in [6, 6.07) is 5.00. The van der Waals surface area contributed by atoms with E-state index in [2.05, 4.69) is 15.9 Å². The van der Waals surface area contributed by atoms with Gasteiger partial charge in [0.15, 0.2) is 0 Å². The number of carbonyl (C=O) groups is 1. The van der Waals surface area contributed by atoms with Crippen molar-refractivity contribution in [1.82, 2.24) is 0 Å². The zero-order valence-electron chi connectivity index (χ0n) is 15.2. The van der Waals surface area contributed by atoms with Crippen LogP contribution in [0.15, 0.2) is 22.7 Å². The predicted molar refractivity (Wildman–Crippen MR) is 86.4 cm³/mol. The standard InChI is InChI=1S/C16H20BrClO3/c1-15(2,3)21-14(19)16(7-8-16)13(20-4)10-5-6-12(18)11(17)9-10/h5-6,9,13H,7-8H2,1-4H3/i4D3. The second-order valence-electron chi connectivity index (χ2n) is 6.33. The van der Waals surface area contributed by atoms with Gasteiger partial charge in [-0.3, -0.25) is 4.79 Å². The number of hydrogen-bond acceptors (Lipinski definition) is 3. The van der Waals surface area contributed by atoms with Gasteiger partial charge in [0, 0.05) is 11.5 Å². The largest absolute Gasteiger partial charge is 0.459 e. The first-order chi connectivity index (χ1) is 10.8. The Morgan fingerprint density at radius 3 is 2.62 bits per heavy atom. The van der Waals surface area contributed by atoms with Gasteiger partial charge in [0.05, 0.1) is 20.7 Å². The molecule has 1 aliphatic carbocycles. The summed E-state index contributed by atoms with van der Waals surface area (Å²) in [5.41, 5.74) is -1.06. The molecule has 1 saturated carbocycles. The van der Waals surface area contributed by atoms with E-state index in [9.17, 15) is 4.79 Å². The molecule has 3 nitrogen and oxygen atoms in total. The van der Waals surface area contributed by atoms with Crippen LogP contribution in [0.2, 0.25) is 5.02 Å². The third-order valence-corrected chi connectivity index (χ3v) is 4.67. The molecule has 1 unspecified atom stereocenters. The van der Waals surface area contributed by atoms with E-state index in [1.165, 1.54) is 0 Å². The second kappa shape index (κ2) is 5.90. The van der Waals surface area contributed by atoms with Crippen LogP contribution in [0.1, 0.15) is 49.4 Å². The van der Waals surface area contributed by atoms with Gasteiger partial charge in [0.25, 0.3) is 0 Å². The van der Waals surface area contributed by atoms with Crippen molar-refractivity contribution in [2.45, 2.75) is 45.3 Å². The van der Waals surface area contributed by atoms with Gasteiger partial charge in [-0.1, -0.05) is 17.7 Å². The first kappa shape index (κ1) is 12.9. The molecule has 0 heterocycles. The maximum Gasteiger partial charge on any atom is 0.315 e. The zero-order chi connectivity index (χ0) is 18.3. The molecular weight excluding hydrogens is 356 g/mol. The molecule has 2 rings (SSSR count). The molecular formula is C16H20BrClO3. The number of benzene rings is 1. The van der Waals surface area contributed by atoms with Crippen molar-refractivity contribution in [3.63, 3.8) is 0 Å². The number of carbonyl (C=O) groups excluding carboxylic acids is 1. The topological polar surface area (TPSA) is 35.5 Å². The summed E-state index contributed by atoms with van der Waals surface area (Å²) in [7, 11) is -2.63. The fourth-order valence-corrected chi connectivity index (χ4v) is 2.78. The van der Waals surface area contributed by atoms with E-state index in [4.69, 9.17) is 25.2 Å². The van der Waals surface area contributed by atoms with E-state index in [-0.39, 0.29) is 0 Å². The Balaban J connectivity index is 2.39. The summed E-state index contributed by atoms with van der Waals surface area (Å²) < 4.78 is 33.8. The minimum Gasteiger partial charge on any atom is -0.459 e. The number of hydrogen-bond donors (Lipinski definition) is 0. The van der Waals surface area contributed by atoms with Gasteiger partial charge in [-0.05, 0) is 67.2 Å². The van der Waals surface area contributed by atoms with Crippen molar-refractivity contribution >= 4 is 33.5 Å². The molecule has 1 aliphatic rings. The Bertz CT molecular complexity index is 636. The monoisotopic (exact) mass is 377 g/mol. The normalized spacial score (nSPS) is 20.9. The van der Waals surface area contributed by atoms with Crippen LogP contribution in [0.25, 0.3) is 0 Å². The van der Waals surface area contributed by atoms with E-state index < -0.39 is 30.1 Å². The molecule has 1 aromatic carbocycles. The highest BCUT2D eigenvalue weighted by Crippen LogP contribution is 2.58. The Morgan fingerprint density at radius 1 is 1.48 bits per heavy atom. The molecule has 0 spiro atoms. The minimum atomic E-state index is -2.63. The maximum absolute atomic E-state index is 12.7. The van der Waals surface area contributed by atoms with E-state index in [0.717, 1.165) is 0 Å². The van der Waals surface area contributed by atoms with Crippen molar-refractivity contribution in [2.24, 2.45) is 5.41 Å². The van der Waals surface area contributed by atoms with E-state index in [1.807, 2.05) is 0 Å². The maximum atomic E-state index is 12.7. The quantitative estimate of drug-likeness (QED) is 0.698. The van der Waals surface area contributed by atoms with Crippen LogP contribution in [0.4, 0.5) is 0 Å². The number of methoxy groups -OCH3 is 1. The first-order valence-corrected chi connectivity index (χ1v) is 7.87. The molecule has 5 heteroatoms. The van der Waals surface area contributed by atoms with Crippen LogP contribution in [-0.2, 0) is 14.3 Å². The molecule has 0 aliphatic heterocycles. The van der Waals surface area contributed by atoms with Crippen molar-refractivity contribution in [3.05, 3.63) is 33.3 Å². The molecule has 0 amide bonds. The fourth-order valence-electron chi connectivity index (χ4n) is 2.26. The SMILES string of the molecule is [2H]C([2H])([2H])OC(c1ccc(Cl)c(Br)c1)C1(C(=O)OC(C)(C)C)CC1. The van der Waals surface area contributed by atoms with Crippen LogP contribution >= 0.6 is 27.5 Å². The number of esters is 1. The van der Waals surface area contributed by atoms with Crippen molar-refractivity contribution in [1.29, 1.82) is 0 Å². The summed E-state index contributed by atoms with van der Waals surface area (Å²) in [4.78, 5) is 12.7. The van der Waals surface area contributed by atoms with E-state index in [1.54, 1.807) is 39.0 Å². The predicted octanol–water partition coefficient (Wildman–Crippen LogP) is 4.91. The molecule has 1 aromatic rings. The summed E-state index contributed by atoms with van der Waals surface area (Å²) in [5, 5.41) is 0.494. The summed E-state index contributed by atoms with van der Waals surface area (Å²) in [5.74, 6) is -0.435. The third kappa shape index (κ3) is 3.61. The van der Waals surface area contributed by atoms with Crippen molar-refractivity contribution in [3.8, 4) is 0 Å². The van der Waals surface area contributed by atoms with Crippen molar-refractivity contribution in [2.75, 3.05) is 7.04 Å². The molecule has 0 saturated heterocycles. The average molecular weight is 379 g/mol. The second-order valence-corrected chi connectivity index (χ2v) is 7.59. The lowest BCUT2D eigenvalue weighted by Crippen LogP contribution is -2.33. The molecule has 21 heavy (non-hydrogen) atoms. The number of halogens is 2. The summed E-state index contributed by atoms with van der Waals surface area (Å²) in [6.07, 6.45) is 0.111. The van der Waals surface area contributed by atoms with Gasteiger partial charge < -0.3 is 9.47 Å². The molecule has 116 valence electrons. The highest BCUT2D eigenvalue weighted by atomic mass is 79.9. The average Bonchev–Trinajstić information content (AvgIpc) is 3.18. The van der Waals surface area contributed by atoms with Crippen LogP contribution in [0.3, 0.4) is 0 Å². The molecule has 0 aromatic heterocycles. The van der Waals surface area contributed by atoms with E-state index in [0.29, 0.717) is 27.9 Å². The van der Waals surface area contributed by atoms with Gasteiger partial charge >= 0.3 is 5.97 Å². The van der Waals surface area contributed by atoms with Crippen LogP contribution in [0, 0.1) is 5.41 Å². The van der Waals surface area contributed by atoms with Gasteiger partial charge in [-0.15, -0.1) is 0 Å². The Morgan fingerprint density at radius 2 is 2.14 bits per heavy atom. The first-order valence-electron chi connectivity index (χ1n) is 8.20. The molecule has 1 atom stereocenters. The Hall–Kier alpha value is -0.580. The lowest BCUT2D eigenvalue weighted by molar-refractivity contribution is -0.168. The zero-order valence-corrected chi connectivity index (χ0v) is 14.5. The highest BCUT2D eigenvalue weighted by molar-refractivity contribution is 9.10.